The van der Waals surface area contributed by atoms with Crippen LogP contribution in [0.2, 0.25) is 0 Å². The lowest BCUT2D eigenvalue weighted by atomic mass is 9.87. The highest BCUT2D eigenvalue weighted by atomic mass is 31.1. The summed E-state index contributed by atoms with van der Waals surface area (Å²) in [5.74, 6) is 0.628. The third-order valence-electron chi connectivity index (χ3n) is 6.02. The molecule has 0 aliphatic heterocycles. The number of hydrogen-bond acceptors (Lipinski definition) is 0. The molecule has 1 atom stereocenters. The molecule has 0 radical (unpaired) electrons. The van der Waals surface area contributed by atoms with Gasteiger partial charge in [0, 0.05) is 5.92 Å². The van der Waals surface area contributed by atoms with Crippen LogP contribution in [0.4, 0.5) is 0 Å². The summed E-state index contributed by atoms with van der Waals surface area (Å²) in [5.41, 5.74) is 3.53. The molecule has 0 heterocycles. The molecule has 0 saturated carbocycles. The highest BCUT2D eigenvalue weighted by Crippen LogP contribution is 2.64. The summed E-state index contributed by atoms with van der Waals surface area (Å²) in [4.78, 5) is 0. The van der Waals surface area contributed by atoms with E-state index in [2.05, 4.69) is 116 Å². The summed E-state index contributed by atoms with van der Waals surface area (Å²) in [6.07, 6.45) is 7.89. The van der Waals surface area contributed by atoms with Gasteiger partial charge in [-0.15, -0.1) is 0 Å². The van der Waals surface area contributed by atoms with Crippen LogP contribution in [0.1, 0.15) is 104 Å². The van der Waals surface area contributed by atoms with Crippen molar-refractivity contribution in [1.82, 2.24) is 0 Å². The maximum Gasteiger partial charge on any atom is 0.00291 e. The highest BCUT2D eigenvalue weighted by molar-refractivity contribution is 7.61. The van der Waals surface area contributed by atoms with Gasteiger partial charge in [0.25, 0.3) is 0 Å². The molecule has 170 valence electrons. The Labute approximate surface area is 187 Å². The van der Waals surface area contributed by atoms with Crippen LogP contribution in [0, 0.1) is 11.3 Å². The van der Waals surface area contributed by atoms with Crippen molar-refractivity contribution in [2.75, 3.05) is 12.3 Å². The second-order valence-electron chi connectivity index (χ2n) is 14.1. The summed E-state index contributed by atoms with van der Waals surface area (Å²) in [6, 6.07) is 0. The minimum Gasteiger partial charge on any atom is -0.0947 e. The molecule has 0 aromatic heterocycles. The van der Waals surface area contributed by atoms with Crippen molar-refractivity contribution < 1.29 is 0 Å². The average molecular weight is 439 g/mol. The first-order valence-corrected chi connectivity index (χ1v) is 14.6. The van der Waals surface area contributed by atoms with Gasteiger partial charge in [0.1, 0.15) is 0 Å². The molecule has 0 spiro atoms. The molecular formula is C27H52P2. The van der Waals surface area contributed by atoms with Gasteiger partial charge in [0.05, 0.1) is 0 Å². The predicted molar refractivity (Wildman–Crippen MR) is 142 cm³/mol. The van der Waals surface area contributed by atoms with Gasteiger partial charge in [0.15, 0.2) is 0 Å². The Morgan fingerprint density at radius 2 is 1.00 bits per heavy atom. The monoisotopic (exact) mass is 438 g/mol. The summed E-state index contributed by atoms with van der Waals surface area (Å²) in [7, 11) is -0.206. The maximum absolute atomic E-state index is 2.65. The van der Waals surface area contributed by atoms with Crippen molar-refractivity contribution in [1.29, 1.82) is 0 Å². The fraction of sp³-hybridized carbons (Fsp3) is 0.852. The Morgan fingerprint density at radius 3 is 1.31 bits per heavy atom. The van der Waals surface area contributed by atoms with Crippen LogP contribution >= 0.6 is 15.8 Å². The minimum absolute atomic E-state index is 0.0947. The molecule has 2 heteroatoms. The molecule has 0 N–H and O–H groups in total. The summed E-state index contributed by atoms with van der Waals surface area (Å²) < 4.78 is 0. The van der Waals surface area contributed by atoms with Crippen LogP contribution in [0.3, 0.4) is 0 Å². The van der Waals surface area contributed by atoms with E-state index in [1.807, 2.05) is 0 Å². The van der Waals surface area contributed by atoms with Crippen molar-refractivity contribution in [3.8, 4) is 0 Å². The zero-order valence-electron chi connectivity index (χ0n) is 22.5. The van der Waals surface area contributed by atoms with Crippen LogP contribution in [-0.2, 0) is 0 Å². The molecule has 0 nitrogen and oxygen atoms in total. The summed E-state index contributed by atoms with van der Waals surface area (Å²) in [5, 5.41) is 1.52. The normalized spacial score (nSPS) is 19.8. The largest absolute Gasteiger partial charge is 0.0947 e. The van der Waals surface area contributed by atoms with Crippen LogP contribution < -0.4 is 0 Å². The van der Waals surface area contributed by atoms with Gasteiger partial charge in [-0.1, -0.05) is 137 Å². The predicted octanol–water partition coefficient (Wildman–Crippen LogP) is 9.67. The standard InChI is InChI=1S/C27H52P2/c1-23(2,3)22-16-20(18-28(24(4,5)6)25(7,8)9)21(17-22)19-29(26(10,11)12)27(13,14)15/h16-17,20H,18-19H2,1-15H3. The Hall–Kier alpha value is 0.340. The lowest BCUT2D eigenvalue weighted by Gasteiger charge is -2.45. The van der Waals surface area contributed by atoms with Gasteiger partial charge < -0.3 is 0 Å². The van der Waals surface area contributed by atoms with E-state index in [-0.39, 0.29) is 21.3 Å². The molecule has 1 aliphatic rings. The van der Waals surface area contributed by atoms with Crippen molar-refractivity contribution in [3.05, 3.63) is 23.3 Å². The van der Waals surface area contributed by atoms with E-state index in [1.54, 1.807) is 11.1 Å². The van der Waals surface area contributed by atoms with E-state index < -0.39 is 0 Å². The second-order valence-corrected chi connectivity index (χ2v) is 21.8. The zero-order chi connectivity index (χ0) is 23.2. The molecular weight excluding hydrogens is 386 g/mol. The second kappa shape index (κ2) is 8.70. The maximum atomic E-state index is 2.65. The van der Waals surface area contributed by atoms with Crippen molar-refractivity contribution in [2.24, 2.45) is 11.3 Å². The summed E-state index contributed by atoms with van der Waals surface area (Å²) in [6.45, 7) is 36.7. The third-order valence-corrected chi connectivity index (χ3v) is 13.9. The van der Waals surface area contributed by atoms with E-state index in [9.17, 15) is 0 Å². The van der Waals surface area contributed by atoms with Crippen molar-refractivity contribution in [2.45, 2.75) is 124 Å². The average Bonchev–Trinajstić information content (AvgIpc) is 2.80. The Bertz CT molecular complexity index is 588. The number of rotatable bonds is 4. The lowest BCUT2D eigenvalue weighted by Crippen LogP contribution is -2.30. The molecule has 0 fully saturated rings. The molecule has 0 amide bonds. The van der Waals surface area contributed by atoms with Crippen LogP contribution in [-0.4, -0.2) is 32.9 Å². The van der Waals surface area contributed by atoms with Gasteiger partial charge in [-0.25, -0.2) is 0 Å². The molecule has 1 unspecified atom stereocenters. The molecule has 0 saturated heterocycles. The molecule has 0 aromatic rings. The Morgan fingerprint density at radius 1 is 0.621 bits per heavy atom. The highest BCUT2D eigenvalue weighted by Gasteiger charge is 2.40. The van der Waals surface area contributed by atoms with Crippen LogP contribution in [0.25, 0.3) is 0 Å². The summed E-state index contributed by atoms with van der Waals surface area (Å²) >= 11 is 0. The van der Waals surface area contributed by atoms with Crippen LogP contribution in [0.15, 0.2) is 23.3 Å². The third kappa shape index (κ3) is 7.76. The molecule has 1 rings (SSSR count). The smallest absolute Gasteiger partial charge is 0.00291 e. The Kier molecular flexibility index (Phi) is 8.21. The lowest BCUT2D eigenvalue weighted by molar-refractivity contribution is 0.516. The van der Waals surface area contributed by atoms with E-state index >= 15 is 0 Å². The van der Waals surface area contributed by atoms with Gasteiger partial charge in [0.2, 0.25) is 0 Å². The van der Waals surface area contributed by atoms with E-state index in [0.717, 1.165) is 0 Å². The number of hydrogen-bond donors (Lipinski definition) is 0. The van der Waals surface area contributed by atoms with Gasteiger partial charge in [-0.3, -0.25) is 0 Å². The fourth-order valence-electron chi connectivity index (χ4n) is 4.89. The molecule has 0 aromatic carbocycles. The molecule has 0 bridgehead atoms. The first-order chi connectivity index (χ1) is 12.5. The zero-order valence-corrected chi connectivity index (χ0v) is 24.3. The first-order valence-electron chi connectivity index (χ1n) is 11.5. The van der Waals surface area contributed by atoms with E-state index in [1.165, 1.54) is 12.3 Å². The number of allylic oxidation sites excluding steroid dienone is 4. The SMILES string of the molecule is CC(C)(C)C1=CC(CP(C(C)(C)C)C(C)(C)C)C(CP(C(C)(C)C)C(C)(C)C)=C1. The quantitative estimate of drug-likeness (QED) is 0.383. The Balaban J connectivity index is 3.36. The van der Waals surface area contributed by atoms with Crippen LogP contribution in [0.5, 0.6) is 0 Å². The minimum atomic E-state index is -0.111. The van der Waals surface area contributed by atoms with E-state index in [0.29, 0.717) is 26.5 Å². The van der Waals surface area contributed by atoms with Gasteiger partial charge in [-0.05, 0) is 43.9 Å². The van der Waals surface area contributed by atoms with Crippen molar-refractivity contribution in [3.63, 3.8) is 0 Å². The van der Waals surface area contributed by atoms with Crippen molar-refractivity contribution >= 4 is 15.8 Å². The van der Waals surface area contributed by atoms with Gasteiger partial charge >= 0.3 is 0 Å². The topological polar surface area (TPSA) is 0 Å². The van der Waals surface area contributed by atoms with Gasteiger partial charge in [-0.2, -0.15) is 0 Å². The molecule has 29 heavy (non-hydrogen) atoms. The fourth-order valence-corrected chi connectivity index (χ4v) is 12.4. The first kappa shape index (κ1) is 27.4. The van der Waals surface area contributed by atoms with E-state index in [4.69, 9.17) is 0 Å². The molecule has 1 aliphatic carbocycles.